The van der Waals surface area contributed by atoms with Crippen LogP contribution in [0.15, 0.2) is 76.6 Å². The maximum Gasteiger partial charge on any atom is 0.430 e. The van der Waals surface area contributed by atoms with Gasteiger partial charge in [-0.25, -0.2) is 4.99 Å². The molecular weight excluding hydrogens is 375 g/mol. The van der Waals surface area contributed by atoms with Crippen molar-refractivity contribution >= 4 is 33.0 Å². The number of rotatable bonds is 5. The molecule has 0 saturated heterocycles. The molecule has 3 rings (SSSR count). The van der Waals surface area contributed by atoms with Gasteiger partial charge >= 0.3 is 6.18 Å². The maximum absolute atomic E-state index is 13.4. The molecule has 3 aromatic carbocycles. The Morgan fingerprint density at radius 2 is 1.67 bits per heavy atom. The van der Waals surface area contributed by atoms with Crippen molar-refractivity contribution in [1.82, 2.24) is 0 Å². The molecule has 3 aromatic rings. The Bertz CT molecular complexity index is 998. The van der Waals surface area contributed by atoms with Gasteiger partial charge < -0.3 is 4.74 Å². The minimum atomic E-state index is -4.67. The lowest BCUT2D eigenvalue weighted by Gasteiger charge is -2.11. The molecule has 0 radical (unpaired) electrons. The molecule has 0 aromatic heterocycles. The van der Waals surface area contributed by atoms with Gasteiger partial charge in [0.25, 0.3) is 0 Å². The number of nitrogens with zero attached hydrogens (tertiary/aromatic N) is 1. The fraction of sp³-hybridized carbons (Fsp3) is 0.150. The average Bonchev–Trinajstić information content (AvgIpc) is 2.66. The molecule has 0 fully saturated rings. The highest BCUT2D eigenvalue weighted by atomic mass is 32.2. The summed E-state index contributed by atoms with van der Waals surface area (Å²) in [6.45, 7) is 0. The van der Waals surface area contributed by atoms with E-state index in [2.05, 4.69) is 4.99 Å². The van der Waals surface area contributed by atoms with E-state index in [0.29, 0.717) is 10.6 Å². The Labute approximate surface area is 157 Å². The topological polar surface area (TPSA) is 38.7 Å². The molecule has 0 amide bonds. The van der Waals surface area contributed by atoms with Crippen molar-refractivity contribution in [2.45, 2.75) is 11.1 Å². The monoisotopic (exact) mass is 391 g/mol. The molecule has 0 N–H and O–H groups in total. The van der Waals surface area contributed by atoms with Gasteiger partial charge in [0.1, 0.15) is 11.5 Å². The molecular formula is C20H16F3NO2S. The molecule has 0 bridgehead atoms. The zero-order valence-electron chi connectivity index (χ0n) is 14.4. The van der Waals surface area contributed by atoms with Crippen LogP contribution in [0.3, 0.4) is 0 Å². The van der Waals surface area contributed by atoms with Crippen LogP contribution in [0.1, 0.15) is 0 Å². The summed E-state index contributed by atoms with van der Waals surface area (Å²) in [7, 11) is -0.407. The van der Waals surface area contributed by atoms with Crippen LogP contribution < -0.4 is 4.74 Å². The molecule has 0 heterocycles. The zero-order chi connectivity index (χ0) is 19.4. The van der Waals surface area contributed by atoms with Gasteiger partial charge in [-0.05, 0) is 47.2 Å². The number of ether oxygens (including phenoxy) is 1. The minimum Gasteiger partial charge on any atom is -0.497 e. The van der Waals surface area contributed by atoms with Crippen LogP contribution in [0, 0.1) is 0 Å². The van der Waals surface area contributed by atoms with Crippen molar-refractivity contribution in [3.05, 3.63) is 66.7 Å². The van der Waals surface area contributed by atoms with Crippen LogP contribution in [0.25, 0.3) is 10.8 Å². The van der Waals surface area contributed by atoms with Gasteiger partial charge in [-0.2, -0.15) is 13.2 Å². The zero-order valence-corrected chi connectivity index (χ0v) is 15.2. The third-order valence-electron chi connectivity index (χ3n) is 3.92. The largest absolute Gasteiger partial charge is 0.497 e. The number of hydrogen-bond donors (Lipinski definition) is 0. The summed E-state index contributed by atoms with van der Waals surface area (Å²) in [5, 5.41) is 1.75. The molecule has 3 nitrogen and oxygen atoms in total. The molecule has 140 valence electrons. The first-order chi connectivity index (χ1) is 12.9. The lowest BCUT2D eigenvalue weighted by Crippen LogP contribution is -2.28. The van der Waals surface area contributed by atoms with Gasteiger partial charge in [-0.15, -0.1) is 0 Å². The van der Waals surface area contributed by atoms with E-state index in [1.54, 1.807) is 18.2 Å². The van der Waals surface area contributed by atoms with Crippen molar-refractivity contribution in [3.8, 4) is 5.75 Å². The molecule has 7 heteroatoms. The van der Waals surface area contributed by atoms with E-state index in [4.69, 9.17) is 4.74 Å². The Hall–Kier alpha value is -2.67. The van der Waals surface area contributed by atoms with Crippen LogP contribution in [0.5, 0.6) is 5.75 Å². The van der Waals surface area contributed by atoms with Gasteiger partial charge in [0.2, 0.25) is 0 Å². The van der Waals surface area contributed by atoms with E-state index >= 15 is 0 Å². The summed E-state index contributed by atoms with van der Waals surface area (Å²) < 4.78 is 57.7. The van der Waals surface area contributed by atoms with Gasteiger partial charge in [0.15, 0.2) is 0 Å². The average molecular weight is 391 g/mol. The van der Waals surface area contributed by atoms with Gasteiger partial charge in [0.05, 0.1) is 29.3 Å². The molecule has 0 aliphatic heterocycles. The second-order valence-corrected chi connectivity index (χ2v) is 7.20. The van der Waals surface area contributed by atoms with Crippen LogP contribution >= 0.6 is 0 Å². The summed E-state index contributed by atoms with van der Waals surface area (Å²) in [4.78, 5) is 4.01. The highest BCUT2D eigenvalue weighted by Crippen LogP contribution is 2.25. The standard InChI is InChI=1S/C20H16F3NO2S/c1-26-17-9-7-16(8-10-17)24-19(20(21,22)23)13-27(25)18-11-6-14-4-2-3-5-15(14)12-18/h2-12H,13H2,1H3. The summed E-state index contributed by atoms with van der Waals surface area (Å²) in [6.07, 6.45) is -4.67. The molecule has 27 heavy (non-hydrogen) atoms. The first-order valence-corrected chi connectivity index (χ1v) is 9.35. The maximum atomic E-state index is 13.4. The molecule has 1 unspecified atom stereocenters. The third kappa shape index (κ3) is 4.74. The van der Waals surface area contributed by atoms with E-state index < -0.39 is 28.4 Å². The molecule has 0 aliphatic carbocycles. The lowest BCUT2D eigenvalue weighted by molar-refractivity contribution is -0.0589. The van der Waals surface area contributed by atoms with Crippen molar-refractivity contribution in [2.24, 2.45) is 4.99 Å². The first kappa shape index (κ1) is 19.1. The smallest absolute Gasteiger partial charge is 0.430 e. The Morgan fingerprint density at radius 1 is 1.00 bits per heavy atom. The number of fused-ring (bicyclic) bond motifs is 1. The lowest BCUT2D eigenvalue weighted by atomic mass is 10.1. The Balaban J connectivity index is 1.88. The van der Waals surface area contributed by atoms with Crippen molar-refractivity contribution in [3.63, 3.8) is 0 Å². The van der Waals surface area contributed by atoms with Crippen LogP contribution in [0.4, 0.5) is 18.9 Å². The number of hydrogen-bond acceptors (Lipinski definition) is 3. The Morgan fingerprint density at radius 3 is 2.30 bits per heavy atom. The quantitative estimate of drug-likeness (QED) is 0.554. The third-order valence-corrected chi connectivity index (χ3v) is 5.23. The van der Waals surface area contributed by atoms with Gasteiger partial charge in [-0.1, -0.05) is 30.3 Å². The number of aliphatic imine (C=N–C) groups is 1. The summed E-state index contributed by atoms with van der Waals surface area (Å²) in [5.41, 5.74) is -0.960. The van der Waals surface area contributed by atoms with Gasteiger partial charge in [-0.3, -0.25) is 4.21 Å². The SMILES string of the molecule is COc1ccc(N=C(CS(=O)c2ccc3ccccc3c2)C(F)(F)F)cc1. The van der Waals surface area contributed by atoms with E-state index in [0.717, 1.165) is 10.8 Å². The second kappa shape index (κ2) is 7.92. The van der Waals surface area contributed by atoms with Crippen LogP contribution in [-0.4, -0.2) is 29.0 Å². The number of alkyl halides is 3. The fourth-order valence-corrected chi connectivity index (χ4v) is 3.63. The van der Waals surface area contributed by atoms with E-state index in [1.165, 1.54) is 31.4 Å². The van der Waals surface area contributed by atoms with Gasteiger partial charge in [0, 0.05) is 4.90 Å². The van der Waals surface area contributed by atoms with Crippen LogP contribution in [0.2, 0.25) is 0 Å². The first-order valence-electron chi connectivity index (χ1n) is 8.03. The van der Waals surface area contributed by atoms with Crippen molar-refractivity contribution in [2.75, 3.05) is 12.9 Å². The van der Waals surface area contributed by atoms with Crippen molar-refractivity contribution in [1.29, 1.82) is 0 Å². The highest BCUT2D eigenvalue weighted by Gasteiger charge is 2.37. The molecule has 0 saturated carbocycles. The minimum absolute atomic E-state index is 0.124. The predicted octanol–water partition coefficient (Wildman–Crippen LogP) is 5.29. The summed E-state index contributed by atoms with van der Waals surface area (Å²) in [5.74, 6) is -0.198. The molecule has 1 atom stereocenters. The summed E-state index contributed by atoms with van der Waals surface area (Å²) in [6, 6.07) is 18.3. The van der Waals surface area contributed by atoms with E-state index in [1.807, 2.05) is 24.3 Å². The highest BCUT2D eigenvalue weighted by molar-refractivity contribution is 7.85. The number of benzene rings is 3. The van der Waals surface area contributed by atoms with E-state index in [9.17, 15) is 17.4 Å². The number of halogens is 3. The summed E-state index contributed by atoms with van der Waals surface area (Å²) >= 11 is 0. The molecule has 0 spiro atoms. The normalized spacial score (nSPS) is 13.6. The fourth-order valence-electron chi connectivity index (χ4n) is 2.51. The Kier molecular flexibility index (Phi) is 5.60. The number of methoxy groups -OCH3 is 1. The van der Waals surface area contributed by atoms with Crippen LogP contribution in [-0.2, 0) is 10.8 Å². The predicted molar refractivity (Wildman–Crippen MR) is 101 cm³/mol. The van der Waals surface area contributed by atoms with Crippen molar-refractivity contribution < 1.29 is 22.1 Å². The second-order valence-electron chi connectivity index (χ2n) is 5.75. The van der Waals surface area contributed by atoms with E-state index in [-0.39, 0.29) is 5.69 Å². The molecule has 0 aliphatic rings.